The van der Waals surface area contributed by atoms with Crippen molar-refractivity contribution in [3.63, 3.8) is 0 Å². The Morgan fingerprint density at radius 2 is 2.40 bits per heavy atom. The minimum Gasteiger partial charge on any atom is -0.237 e. The van der Waals surface area contributed by atoms with Gasteiger partial charge in [0.05, 0.1) is 5.69 Å². The average molecular weight is 130 g/mol. The van der Waals surface area contributed by atoms with Crippen molar-refractivity contribution in [2.45, 2.75) is 6.42 Å². The SMILES string of the molecule is C1=C2CC(=C1)n1nccc12. The van der Waals surface area contributed by atoms with Gasteiger partial charge < -0.3 is 0 Å². The van der Waals surface area contributed by atoms with Crippen LogP contribution in [0, 0.1) is 0 Å². The van der Waals surface area contributed by atoms with Crippen LogP contribution in [0.1, 0.15) is 12.1 Å². The number of fused-ring (bicyclic) bond motifs is 5. The highest BCUT2D eigenvalue weighted by Gasteiger charge is 2.23. The van der Waals surface area contributed by atoms with Gasteiger partial charge in [0.2, 0.25) is 0 Å². The molecule has 2 bridgehead atoms. The lowest BCUT2D eigenvalue weighted by atomic mass is 10.2. The third-order valence-corrected chi connectivity index (χ3v) is 2.09. The summed E-state index contributed by atoms with van der Waals surface area (Å²) >= 11 is 0. The fraction of sp³-hybridized carbons (Fsp3) is 0.125. The molecule has 2 heteroatoms. The molecule has 2 heterocycles. The van der Waals surface area contributed by atoms with Crippen LogP contribution in [0.4, 0.5) is 0 Å². The van der Waals surface area contributed by atoms with Crippen molar-refractivity contribution in [1.82, 2.24) is 9.78 Å². The van der Waals surface area contributed by atoms with Gasteiger partial charge in [0.25, 0.3) is 0 Å². The molecular weight excluding hydrogens is 124 g/mol. The van der Waals surface area contributed by atoms with Crippen LogP contribution in [0.25, 0.3) is 11.3 Å². The van der Waals surface area contributed by atoms with Crippen LogP contribution in [0.3, 0.4) is 0 Å². The van der Waals surface area contributed by atoms with E-state index in [0.29, 0.717) is 0 Å². The van der Waals surface area contributed by atoms with Crippen molar-refractivity contribution < 1.29 is 0 Å². The Kier molecular flexibility index (Phi) is 0.556. The molecule has 1 aromatic rings. The maximum absolute atomic E-state index is 4.19. The second kappa shape index (κ2) is 1.24. The first kappa shape index (κ1) is 4.50. The molecule has 2 nitrogen and oxygen atoms in total. The Balaban J connectivity index is 2.46. The van der Waals surface area contributed by atoms with E-state index in [0.717, 1.165) is 6.42 Å². The van der Waals surface area contributed by atoms with E-state index in [2.05, 4.69) is 23.3 Å². The molecule has 0 radical (unpaired) electrons. The summed E-state index contributed by atoms with van der Waals surface area (Å²) < 4.78 is 2.01. The Labute approximate surface area is 58.5 Å². The molecule has 0 saturated carbocycles. The van der Waals surface area contributed by atoms with Gasteiger partial charge >= 0.3 is 0 Å². The minimum absolute atomic E-state index is 1.09. The summed E-state index contributed by atoms with van der Waals surface area (Å²) in [4.78, 5) is 0. The first-order valence-electron chi connectivity index (χ1n) is 3.40. The Morgan fingerprint density at radius 3 is 3.30 bits per heavy atom. The van der Waals surface area contributed by atoms with Crippen LogP contribution < -0.4 is 0 Å². The van der Waals surface area contributed by atoms with Crippen LogP contribution in [-0.2, 0) is 0 Å². The van der Waals surface area contributed by atoms with Crippen molar-refractivity contribution in [3.8, 4) is 0 Å². The topological polar surface area (TPSA) is 17.8 Å². The van der Waals surface area contributed by atoms with Crippen molar-refractivity contribution in [1.29, 1.82) is 0 Å². The van der Waals surface area contributed by atoms with Gasteiger partial charge in [-0.05, 0) is 17.7 Å². The van der Waals surface area contributed by atoms with Crippen LogP contribution in [0.2, 0.25) is 0 Å². The van der Waals surface area contributed by atoms with Gasteiger partial charge in [-0.25, -0.2) is 4.68 Å². The summed E-state index contributed by atoms with van der Waals surface area (Å²) in [5.41, 5.74) is 4.00. The summed E-state index contributed by atoms with van der Waals surface area (Å²) in [6.07, 6.45) is 7.24. The van der Waals surface area contributed by atoms with Crippen LogP contribution in [0.15, 0.2) is 24.4 Å². The predicted octanol–water partition coefficient (Wildman–Crippen LogP) is 1.52. The monoisotopic (exact) mass is 130 g/mol. The molecule has 2 aliphatic rings. The molecule has 1 aromatic heterocycles. The maximum atomic E-state index is 4.19. The maximum Gasteiger partial charge on any atom is 0.0700 e. The Morgan fingerprint density at radius 1 is 1.40 bits per heavy atom. The van der Waals surface area contributed by atoms with Gasteiger partial charge in [-0.2, -0.15) is 5.10 Å². The molecule has 0 amide bonds. The molecular formula is C8H6N2. The highest BCUT2D eigenvalue weighted by molar-refractivity contribution is 5.86. The summed E-state index contributed by atoms with van der Waals surface area (Å²) in [5, 5.41) is 4.19. The van der Waals surface area contributed by atoms with E-state index in [9.17, 15) is 0 Å². The zero-order valence-corrected chi connectivity index (χ0v) is 5.41. The molecule has 10 heavy (non-hydrogen) atoms. The fourth-order valence-corrected chi connectivity index (χ4v) is 1.61. The van der Waals surface area contributed by atoms with Gasteiger partial charge in [0, 0.05) is 18.3 Å². The molecule has 0 saturated heterocycles. The molecule has 0 spiro atoms. The van der Waals surface area contributed by atoms with Gasteiger partial charge in [0.15, 0.2) is 0 Å². The molecule has 0 unspecified atom stereocenters. The molecule has 1 aliphatic carbocycles. The third-order valence-electron chi connectivity index (χ3n) is 2.09. The molecule has 0 fully saturated rings. The second-order valence-electron chi connectivity index (χ2n) is 2.65. The van der Waals surface area contributed by atoms with Crippen molar-refractivity contribution >= 4 is 11.3 Å². The second-order valence-corrected chi connectivity index (χ2v) is 2.65. The van der Waals surface area contributed by atoms with Gasteiger partial charge in [-0.3, -0.25) is 0 Å². The van der Waals surface area contributed by atoms with E-state index >= 15 is 0 Å². The minimum atomic E-state index is 1.09. The van der Waals surface area contributed by atoms with Crippen LogP contribution in [-0.4, -0.2) is 9.78 Å². The number of nitrogens with zero attached hydrogens (tertiary/aromatic N) is 2. The van der Waals surface area contributed by atoms with E-state index in [1.807, 2.05) is 10.9 Å². The Bertz CT molecular complexity index is 323. The fourth-order valence-electron chi connectivity index (χ4n) is 1.61. The lowest BCUT2D eigenvalue weighted by molar-refractivity contribution is 0.901. The lowest BCUT2D eigenvalue weighted by Crippen LogP contribution is -1.93. The number of aromatic nitrogens is 2. The molecule has 0 atom stereocenters. The number of hydrogen-bond donors (Lipinski definition) is 0. The average Bonchev–Trinajstić information content (AvgIpc) is 2.60. The first-order valence-corrected chi connectivity index (χ1v) is 3.40. The van der Waals surface area contributed by atoms with Crippen LogP contribution in [0.5, 0.6) is 0 Å². The normalized spacial score (nSPS) is 18.8. The summed E-state index contributed by atoms with van der Waals surface area (Å²) in [5.74, 6) is 0. The van der Waals surface area contributed by atoms with Crippen molar-refractivity contribution in [3.05, 3.63) is 30.1 Å². The number of allylic oxidation sites excluding steroid dienone is 4. The van der Waals surface area contributed by atoms with Crippen molar-refractivity contribution in [2.24, 2.45) is 0 Å². The molecule has 0 N–H and O–H groups in total. The van der Waals surface area contributed by atoms with E-state index in [1.54, 1.807) is 0 Å². The predicted molar refractivity (Wildman–Crippen MR) is 39.1 cm³/mol. The van der Waals surface area contributed by atoms with Crippen LogP contribution >= 0.6 is 0 Å². The van der Waals surface area contributed by atoms with Crippen molar-refractivity contribution in [2.75, 3.05) is 0 Å². The summed E-state index contributed by atoms with van der Waals surface area (Å²) in [7, 11) is 0. The van der Waals surface area contributed by atoms with Gasteiger partial charge in [-0.1, -0.05) is 6.08 Å². The van der Waals surface area contributed by atoms with E-state index in [4.69, 9.17) is 0 Å². The van der Waals surface area contributed by atoms with E-state index < -0.39 is 0 Å². The van der Waals surface area contributed by atoms with Gasteiger partial charge in [0.1, 0.15) is 0 Å². The lowest BCUT2D eigenvalue weighted by Gasteiger charge is -1.97. The molecule has 3 rings (SSSR count). The first-order chi connectivity index (χ1) is 4.95. The van der Waals surface area contributed by atoms with E-state index in [1.165, 1.54) is 17.0 Å². The molecule has 1 aliphatic heterocycles. The summed E-state index contributed by atoms with van der Waals surface area (Å²) in [6, 6.07) is 2.06. The Hall–Kier alpha value is -1.31. The standard InChI is InChI=1S/C8H6N2/c1-2-7-5-6(1)8-3-4-9-10(7)8/h1-4H,5H2. The van der Waals surface area contributed by atoms with E-state index in [-0.39, 0.29) is 0 Å². The largest absolute Gasteiger partial charge is 0.237 e. The zero-order valence-electron chi connectivity index (χ0n) is 5.41. The number of hydrogen-bond acceptors (Lipinski definition) is 1. The molecule has 48 valence electrons. The highest BCUT2D eigenvalue weighted by Crippen LogP contribution is 2.38. The quantitative estimate of drug-likeness (QED) is 0.520. The smallest absolute Gasteiger partial charge is 0.0700 e. The third kappa shape index (κ3) is 0.328. The highest BCUT2D eigenvalue weighted by atomic mass is 15.3. The zero-order chi connectivity index (χ0) is 6.55. The summed E-state index contributed by atoms with van der Waals surface area (Å²) in [6.45, 7) is 0. The molecule has 0 aromatic carbocycles. The number of rotatable bonds is 0. The van der Waals surface area contributed by atoms with Gasteiger partial charge in [-0.15, -0.1) is 0 Å².